The van der Waals surface area contributed by atoms with Gasteiger partial charge < -0.3 is 15.5 Å². The molecule has 2 atom stereocenters. The van der Waals surface area contributed by atoms with Gasteiger partial charge in [-0.25, -0.2) is 0 Å². The highest BCUT2D eigenvalue weighted by molar-refractivity contribution is 5.76. The van der Waals surface area contributed by atoms with E-state index in [9.17, 15) is 15.0 Å². The van der Waals surface area contributed by atoms with Gasteiger partial charge in [0.25, 0.3) is 0 Å². The molecule has 0 spiro atoms. The molecule has 0 aliphatic carbocycles. The van der Waals surface area contributed by atoms with Crippen LogP contribution in [0.15, 0.2) is 60.8 Å². The van der Waals surface area contributed by atoms with Crippen LogP contribution in [0.4, 0.5) is 0 Å². The number of carbonyl (C=O) groups is 1. The van der Waals surface area contributed by atoms with Crippen molar-refractivity contribution in [3.05, 3.63) is 60.8 Å². The van der Waals surface area contributed by atoms with Crippen LogP contribution in [-0.4, -0.2) is 34.9 Å². The first-order chi connectivity index (χ1) is 34.7. The van der Waals surface area contributed by atoms with Gasteiger partial charge in [-0.2, -0.15) is 0 Å². The summed E-state index contributed by atoms with van der Waals surface area (Å²) in [6.07, 6.45) is 87.0. The number of aliphatic hydroxyl groups is 2. The molecule has 4 heteroatoms. The number of amides is 1. The van der Waals surface area contributed by atoms with Crippen LogP contribution in [0.25, 0.3) is 0 Å². The highest BCUT2D eigenvalue weighted by Crippen LogP contribution is 2.18. The van der Waals surface area contributed by atoms with E-state index in [1.165, 1.54) is 263 Å². The average molecular weight is 979 g/mol. The molecule has 0 aromatic heterocycles. The van der Waals surface area contributed by atoms with Gasteiger partial charge in [-0.1, -0.05) is 331 Å². The fourth-order valence-corrected chi connectivity index (χ4v) is 9.76. The van der Waals surface area contributed by atoms with Crippen molar-refractivity contribution in [1.82, 2.24) is 5.32 Å². The lowest BCUT2D eigenvalue weighted by Crippen LogP contribution is -2.45. The minimum atomic E-state index is -0.842. The lowest BCUT2D eigenvalue weighted by atomic mass is 10.0. The molecule has 0 fully saturated rings. The molecule has 0 aromatic rings. The number of carbonyl (C=O) groups excluding carboxylic acids is 1. The Hall–Kier alpha value is -1.91. The van der Waals surface area contributed by atoms with Crippen molar-refractivity contribution in [1.29, 1.82) is 0 Å². The quantitative estimate of drug-likeness (QED) is 0.0420. The van der Waals surface area contributed by atoms with Crippen LogP contribution in [0, 0.1) is 0 Å². The smallest absolute Gasteiger partial charge is 0.220 e. The molecule has 0 saturated carbocycles. The molecule has 70 heavy (non-hydrogen) atoms. The Morgan fingerprint density at radius 3 is 0.943 bits per heavy atom. The van der Waals surface area contributed by atoms with Crippen LogP contribution in [0.1, 0.15) is 335 Å². The molecule has 0 aliphatic rings. The standard InChI is InChI=1S/C66H123NO3/c1-3-5-7-9-11-13-15-17-19-21-23-25-27-29-31-33-35-37-39-41-43-45-47-49-51-53-55-57-59-61-65(69)64(63-68)67-66(70)62-60-58-56-54-52-50-48-46-44-42-40-38-36-34-32-30-28-26-24-22-20-18-16-14-12-10-8-6-4-2/h6,8,12,14,18,20,24,26,59,61,64-65,68-69H,3-5,7,9-11,13,15-17,19,21-23,25,27-58,60,62-63H2,1-2H3,(H,67,70)/b8-6-,14-12-,20-18-,26-24-,61-59+. The van der Waals surface area contributed by atoms with Crippen molar-refractivity contribution in [2.45, 2.75) is 347 Å². The van der Waals surface area contributed by atoms with E-state index < -0.39 is 12.1 Å². The lowest BCUT2D eigenvalue weighted by molar-refractivity contribution is -0.123. The number of aliphatic hydroxyl groups excluding tert-OH is 2. The molecule has 410 valence electrons. The molecule has 0 bridgehead atoms. The van der Waals surface area contributed by atoms with Gasteiger partial charge in [0, 0.05) is 6.42 Å². The molecule has 0 aromatic carbocycles. The summed E-state index contributed by atoms with van der Waals surface area (Å²) in [7, 11) is 0. The maximum atomic E-state index is 12.5. The summed E-state index contributed by atoms with van der Waals surface area (Å²) in [5, 5.41) is 23.3. The van der Waals surface area contributed by atoms with E-state index >= 15 is 0 Å². The predicted molar refractivity (Wildman–Crippen MR) is 313 cm³/mol. The van der Waals surface area contributed by atoms with Crippen molar-refractivity contribution in [3.63, 3.8) is 0 Å². The van der Waals surface area contributed by atoms with E-state index in [0.717, 1.165) is 51.4 Å². The summed E-state index contributed by atoms with van der Waals surface area (Å²) < 4.78 is 0. The van der Waals surface area contributed by atoms with Crippen molar-refractivity contribution in [3.8, 4) is 0 Å². The fourth-order valence-electron chi connectivity index (χ4n) is 9.76. The lowest BCUT2D eigenvalue weighted by Gasteiger charge is -2.20. The largest absolute Gasteiger partial charge is 0.394 e. The fraction of sp³-hybridized carbons (Fsp3) is 0.833. The van der Waals surface area contributed by atoms with Crippen LogP contribution >= 0.6 is 0 Å². The summed E-state index contributed by atoms with van der Waals surface area (Å²) in [4.78, 5) is 12.5. The summed E-state index contributed by atoms with van der Waals surface area (Å²) in [5.74, 6) is -0.0604. The van der Waals surface area contributed by atoms with Crippen molar-refractivity contribution < 1.29 is 15.0 Å². The summed E-state index contributed by atoms with van der Waals surface area (Å²) in [6.45, 7) is 4.23. The molecule has 4 nitrogen and oxygen atoms in total. The maximum absolute atomic E-state index is 12.5. The highest BCUT2D eigenvalue weighted by atomic mass is 16.3. The van der Waals surface area contributed by atoms with E-state index in [1.54, 1.807) is 6.08 Å². The number of hydrogen-bond acceptors (Lipinski definition) is 3. The van der Waals surface area contributed by atoms with E-state index in [4.69, 9.17) is 0 Å². The Balaban J connectivity index is 3.46. The Labute approximate surface area is 438 Å². The molecule has 1 amide bonds. The Morgan fingerprint density at radius 2 is 0.629 bits per heavy atom. The summed E-state index contributed by atoms with van der Waals surface area (Å²) in [5.41, 5.74) is 0. The number of nitrogens with one attached hydrogen (secondary N) is 1. The molecule has 0 saturated heterocycles. The SMILES string of the molecule is CC/C=C\C/C=C\C/C=C\C/C=C\CCCCCCCCCCCCCCCCCCC(=O)NC(CO)C(O)/C=C/CCCCCCCCCCCCCCCCCCCCCCCCCCCCC. The van der Waals surface area contributed by atoms with Gasteiger partial charge in [-0.15, -0.1) is 0 Å². The van der Waals surface area contributed by atoms with Crippen LogP contribution < -0.4 is 5.32 Å². The van der Waals surface area contributed by atoms with Crippen molar-refractivity contribution in [2.24, 2.45) is 0 Å². The third-order valence-electron chi connectivity index (χ3n) is 14.5. The molecular weight excluding hydrogens is 855 g/mol. The number of hydrogen-bond donors (Lipinski definition) is 3. The molecule has 0 rings (SSSR count). The van der Waals surface area contributed by atoms with Gasteiger partial charge in [-0.05, 0) is 57.8 Å². The van der Waals surface area contributed by atoms with E-state index in [-0.39, 0.29) is 12.5 Å². The summed E-state index contributed by atoms with van der Waals surface area (Å²) >= 11 is 0. The minimum absolute atomic E-state index is 0.0604. The third-order valence-corrected chi connectivity index (χ3v) is 14.5. The van der Waals surface area contributed by atoms with Gasteiger partial charge in [0.05, 0.1) is 18.8 Å². The topological polar surface area (TPSA) is 69.6 Å². The Kier molecular flexibility index (Phi) is 59.7. The number of unbranched alkanes of at least 4 members (excludes halogenated alkanes) is 43. The van der Waals surface area contributed by atoms with Gasteiger partial charge in [0.2, 0.25) is 5.91 Å². The molecule has 0 heterocycles. The monoisotopic (exact) mass is 978 g/mol. The second-order valence-electron chi connectivity index (χ2n) is 21.5. The van der Waals surface area contributed by atoms with Crippen LogP contribution in [0.5, 0.6) is 0 Å². The Bertz CT molecular complexity index is 1150. The van der Waals surface area contributed by atoms with Crippen LogP contribution in [0.3, 0.4) is 0 Å². The van der Waals surface area contributed by atoms with E-state index in [1.807, 2.05) is 6.08 Å². The second-order valence-corrected chi connectivity index (χ2v) is 21.5. The van der Waals surface area contributed by atoms with Gasteiger partial charge in [-0.3, -0.25) is 4.79 Å². The van der Waals surface area contributed by atoms with Gasteiger partial charge >= 0.3 is 0 Å². The highest BCUT2D eigenvalue weighted by Gasteiger charge is 2.18. The number of allylic oxidation sites excluding steroid dienone is 9. The third kappa shape index (κ3) is 57.0. The first kappa shape index (κ1) is 68.1. The van der Waals surface area contributed by atoms with Crippen LogP contribution in [0.2, 0.25) is 0 Å². The van der Waals surface area contributed by atoms with Crippen molar-refractivity contribution in [2.75, 3.05) is 6.61 Å². The maximum Gasteiger partial charge on any atom is 0.220 e. The molecule has 0 radical (unpaired) electrons. The van der Waals surface area contributed by atoms with Gasteiger partial charge in [0.1, 0.15) is 0 Å². The first-order valence-corrected chi connectivity index (χ1v) is 31.5. The zero-order valence-electron chi connectivity index (χ0n) is 47.3. The zero-order valence-corrected chi connectivity index (χ0v) is 47.3. The number of rotatable bonds is 58. The zero-order chi connectivity index (χ0) is 50.6. The predicted octanol–water partition coefficient (Wildman–Crippen LogP) is 21.2. The summed E-state index contributed by atoms with van der Waals surface area (Å²) in [6, 6.07) is -0.625. The molecular formula is C66H123NO3. The molecule has 3 N–H and O–H groups in total. The van der Waals surface area contributed by atoms with Crippen molar-refractivity contribution >= 4 is 5.91 Å². The molecule has 0 aliphatic heterocycles. The minimum Gasteiger partial charge on any atom is -0.394 e. The average Bonchev–Trinajstić information content (AvgIpc) is 3.36. The Morgan fingerprint density at radius 1 is 0.357 bits per heavy atom. The molecule has 2 unspecified atom stereocenters. The van der Waals surface area contributed by atoms with E-state index in [2.05, 4.69) is 67.8 Å². The second kappa shape index (κ2) is 61.4. The first-order valence-electron chi connectivity index (χ1n) is 31.5. The normalized spacial score (nSPS) is 13.1. The van der Waals surface area contributed by atoms with Crippen LogP contribution in [-0.2, 0) is 4.79 Å². The van der Waals surface area contributed by atoms with Gasteiger partial charge in [0.15, 0.2) is 0 Å². The van der Waals surface area contributed by atoms with E-state index in [0.29, 0.717) is 6.42 Å².